The second-order valence-corrected chi connectivity index (χ2v) is 5.53. The highest BCUT2D eigenvalue weighted by Crippen LogP contribution is 2.22. The SMILES string of the molecule is COC(=O)Nc1ccccc1C(=O)NCC(C)(O)c1ccc(C)o1. The third-order valence-electron chi connectivity index (χ3n) is 3.46. The molecule has 128 valence electrons. The van der Waals surface area contributed by atoms with Crippen LogP contribution in [0.3, 0.4) is 0 Å². The fourth-order valence-corrected chi connectivity index (χ4v) is 2.11. The van der Waals surface area contributed by atoms with E-state index in [1.165, 1.54) is 7.11 Å². The molecule has 1 unspecified atom stereocenters. The van der Waals surface area contributed by atoms with Gasteiger partial charge in [-0.1, -0.05) is 12.1 Å². The molecule has 0 aliphatic carbocycles. The highest BCUT2D eigenvalue weighted by molar-refractivity contribution is 6.02. The van der Waals surface area contributed by atoms with Gasteiger partial charge in [0, 0.05) is 0 Å². The van der Waals surface area contributed by atoms with E-state index in [-0.39, 0.29) is 12.1 Å². The van der Waals surface area contributed by atoms with Gasteiger partial charge >= 0.3 is 6.09 Å². The molecule has 0 bridgehead atoms. The molecule has 0 radical (unpaired) electrons. The summed E-state index contributed by atoms with van der Waals surface area (Å²) >= 11 is 0. The Balaban J connectivity index is 2.09. The zero-order valence-electron chi connectivity index (χ0n) is 13.8. The normalized spacial score (nSPS) is 13.0. The number of carbonyl (C=O) groups is 2. The Labute approximate surface area is 139 Å². The number of ether oxygens (including phenoxy) is 1. The number of amides is 2. The first-order valence-corrected chi connectivity index (χ1v) is 7.35. The highest BCUT2D eigenvalue weighted by Gasteiger charge is 2.28. The van der Waals surface area contributed by atoms with Crippen molar-refractivity contribution >= 4 is 17.7 Å². The Morgan fingerprint density at radius 1 is 1.25 bits per heavy atom. The Hall–Kier alpha value is -2.80. The van der Waals surface area contributed by atoms with Gasteiger partial charge < -0.3 is 19.6 Å². The molecule has 2 amide bonds. The van der Waals surface area contributed by atoms with E-state index in [1.807, 2.05) is 0 Å². The van der Waals surface area contributed by atoms with Gasteiger partial charge in [0.2, 0.25) is 0 Å². The van der Waals surface area contributed by atoms with Gasteiger partial charge in [0.25, 0.3) is 5.91 Å². The lowest BCUT2D eigenvalue weighted by atomic mass is 10.0. The number of hydrogen-bond donors (Lipinski definition) is 3. The number of carbonyl (C=O) groups excluding carboxylic acids is 2. The number of furan rings is 1. The average molecular weight is 332 g/mol. The van der Waals surface area contributed by atoms with Crippen LogP contribution in [0, 0.1) is 6.92 Å². The van der Waals surface area contributed by atoms with E-state index >= 15 is 0 Å². The number of para-hydroxylation sites is 1. The van der Waals surface area contributed by atoms with Crippen molar-refractivity contribution < 1.29 is 23.8 Å². The topological polar surface area (TPSA) is 101 Å². The molecule has 0 saturated heterocycles. The van der Waals surface area contributed by atoms with Crippen molar-refractivity contribution in [1.82, 2.24) is 5.32 Å². The van der Waals surface area contributed by atoms with Crippen molar-refractivity contribution in [2.45, 2.75) is 19.4 Å². The predicted molar refractivity (Wildman–Crippen MR) is 87.8 cm³/mol. The van der Waals surface area contributed by atoms with Gasteiger partial charge in [-0.25, -0.2) is 4.79 Å². The minimum Gasteiger partial charge on any atom is -0.463 e. The summed E-state index contributed by atoms with van der Waals surface area (Å²) in [5.74, 6) is 0.594. The maximum Gasteiger partial charge on any atom is 0.411 e. The van der Waals surface area contributed by atoms with Crippen molar-refractivity contribution in [3.63, 3.8) is 0 Å². The van der Waals surface area contributed by atoms with Gasteiger partial charge in [-0.2, -0.15) is 0 Å². The number of aryl methyl sites for hydroxylation is 1. The van der Waals surface area contributed by atoms with Crippen LogP contribution in [0.4, 0.5) is 10.5 Å². The van der Waals surface area contributed by atoms with E-state index in [4.69, 9.17) is 4.42 Å². The highest BCUT2D eigenvalue weighted by atomic mass is 16.5. The molecule has 0 spiro atoms. The van der Waals surface area contributed by atoms with Crippen molar-refractivity contribution in [1.29, 1.82) is 0 Å². The smallest absolute Gasteiger partial charge is 0.411 e. The van der Waals surface area contributed by atoms with Gasteiger partial charge in [-0.05, 0) is 38.1 Å². The summed E-state index contributed by atoms with van der Waals surface area (Å²) in [6.07, 6.45) is -0.673. The van der Waals surface area contributed by atoms with Crippen LogP contribution in [0.1, 0.15) is 28.8 Å². The van der Waals surface area contributed by atoms with E-state index < -0.39 is 17.6 Å². The van der Waals surface area contributed by atoms with Gasteiger partial charge in [-0.15, -0.1) is 0 Å². The largest absolute Gasteiger partial charge is 0.463 e. The molecule has 2 rings (SSSR count). The molecule has 24 heavy (non-hydrogen) atoms. The molecule has 0 fully saturated rings. The quantitative estimate of drug-likeness (QED) is 0.780. The predicted octanol–water partition coefficient (Wildman–Crippen LogP) is 2.40. The third kappa shape index (κ3) is 4.14. The number of aliphatic hydroxyl groups is 1. The number of hydrogen-bond acceptors (Lipinski definition) is 5. The minimum absolute atomic E-state index is 0.0503. The van der Waals surface area contributed by atoms with Crippen LogP contribution < -0.4 is 10.6 Å². The van der Waals surface area contributed by atoms with E-state index in [1.54, 1.807) is 50.2 Å². The van der Waals surface area contributed by atoms with Crippen LogP contribution in [0.25, 0.3) is 0 Å². The number of anilines is 1. The molecule has 1 heterocycles. The van der Waals surface area contributed by atoms with Crippen LogP contribution in [0.15, 0.2) is 40.8 Å². The molecule has 3 N–H and O–H groups in total. The first-order chi connectivity index (χ1) is 11.3. The minimum atomic E-state index is -1.35. The molecule has 7 nitrogen and oxygen atoms in total. The Bertz CT molecular complexity index is 736. The zero-order chi connectivity index (χ0) is 17.7. The summed E-state index contributed by atoms with van der Waals surface area (Å²) in [6.45, 7) is 3.27. The summed E-state index contributed by atoms with van der Waals surface area (Å²) in [6, 6.07) is 9.90. The summed E-state index contributed by atoms with van der Waals surface area (Å²) < 4.78 is 9.93. The van der Waals surface area contributed by atoms with Gasteiger partial charge in [0.1, 0.15) is 17.1 Å². The molecular formula is C17H20N2O5. The number of nitrogens with one attached hydrogen (secondary N) is 2. The Morgan fingerprint density at radius 2 is 1.96 bits per heavy atom. The lowest BCUT2D eigenvalue weighted by Crippen LogP contribution is -2.38. The average Bonchev–Trinajstić information content (AvgIpc) is 3.00. The van der Waals surface area contributed by atoms with Crippen LogP contribution in [0.5, 0.6) is 0 Å². The third-order valence-corrected chi connectivity index (χ3v) is 3.46. The van der Waals surface area contributed by atoms with Crippen molar-refractivity contribution in [3.05, 3.63) is 53.5 Å². The van der Waals surface area contributed by atoms with Crippen molar-refractivity contribution in [2.24, 2.45) is 0 Å². The van der Waals surface area contributed by atoms with E-state index in [2.05, 4.69) is 15.4 Å². The first kappa shape index (κ1) is 17.6. The van der Waals surface area contributed by atoms with Crippen molar-refractivity contribution in [2.75, 3.05) is 19.0 Å². The summed E-state index contributed by atoms with van der Waals surface area (Å²) in [5.41, 5.74) is -0.779. The fourth-order valence-electron chi connectivity index (χ4n) is 2.11. The Morgan fingerprint density at radius 3 is 2.58 bits per heavy atom. The maximum absolute atomic E-state index is 12.4. The van der Waals surface area contributed by atoms with E-state index in [0.29, 0.717) is 17.2 Å². The molecule has 0 aliphatic heterocycles. The molecule has 7 heteroatoms. The van der Waals surface area contributed by atoms with Crippen molar-refractivity contribution in [3.8, 4) is 0 Å². The fraction of sp³-hybridized carbons (Fsp3) is 0.294. The van der Waals surface area contributed by atoms with Crippen LogP contribution in [-0.2, 0) is 10.3 Å². The van der Waals surface area contributed by atoms with Crippen LogP contribution >= 0.6 is 0 Å². The summed E-state index contributed by atoms with van der Waals surface area (Å²) in [5, 5.41) is 15.6. The van der Waals surface area contributed by atoms with Gasteiger partial charge in [0.15, 0.2) is 0 Å². The first-order valence-electron chi connectivity index (χ1n) is 7.35. The Kier molecular flexibility index (Phi) is 5.25. The zero-order valence-corrected chi connectivity index (χ0v) is 13.8. The monoisotopic (exact) mass is 332 g/mol. The summed E-state index contributed by atoms with van der Waals surface area (Å²) in [7, 11) is 1.24. The van der Waals surface area contributed by atoms with Gasteiger partial charge in [0.05, 0.1) is 24.9 Å². The second-order valence-electron chi connectivity index (χ2n) is 5.53. The van der Waals surface area contributed by atoms with E-state index in [9.17, 15) is 14.7 Å². The molecule has 0 saturated carbocycles. The number of methoxy groups -OCH3 is 1. The lowest BCUT2D eigenvalue weighted by molar-refractivity contribution is 0.0323. The molecule has 1 aromatic heterocycles. The van der Waals surface area contributed by atoms with E-state index in [0.717, 1.165) is 0 Å². The molecule has 1 aromatic carbocycles. The molecule has 1 atom stereocenters. The maximum atomic E-state index is 12.4. The van der Waals surface area contributed by atoms with Gasteiger partial charge in [-0.3, -0.25) is 10.1 Å². The van der Waals surface area contributed by atoms with Crippen LogP contribution in [0.2, 0.25) is 0 Å². The summed E-state index contributed by atoms with van der Waals surface area (Å²) in [4.78, 5) is 23.7. The van der Waals surface area contributed by atoms with Crippen LogP contribution in [-0.4, -0.2) is 30.8 Å². The molecular weight excluding hydrogens is 312 g/mol. The second kappa shape index (κ2) is 7.18. The number of rotatable bonds is 5. The lowest BCUT2D eigenvalue weighted by Gasteiger charge is -2.21. The molecule has 0 aliphatic rings. The standard InChI is InChI=1S/C17H20N2O5/c1-11-8-9-14(24-11)17(2,22)10-18-15(20)12-6-4-5-7-13(12)19-16(21)23-3/h4-9,22H,10H2,1-3H3,(H,18,20)(H,19,21). The molecule has 2 aromatic rings. The number of benzene rings is 1.